The maximum Gasteiger partial charge on any atom is 0.0543 e. The first-order valence-electron chi connectivity index (χ1n) is 5.43. The zero-order chi connectivity index (χ0) is 12.7. The van der Waals surface area contributed by atoms with E-state index in [1.165, 1.54) is 0 Å². The van der Waals surface area contributed by atoms with Crippen LogP contribution in [0.4, 0.5) is 0 Å². The van der Waals surface area contributed by atoms with E-state index in [1.807, 2.05) is 24.3 Å². The third kappa shape index (κ3) is 4.37. The predicted molar refractivity (Wildman–Crippen MR) is 69.5 cm³/mol. The van der Waals surface area contributed by atoms with Crippen LogP contribution in [0.2, 0.25) is 0 Å². The topological polar surface area (TPSA) is 72.7 Å². The molecule has 0 spiro atoms. The summed E-state index contributed by atoms with van der Waals surface area (Å²) in [7, 11) is 0. The molecule has 0 saturated carbocycles. The summed E-state index contributed by atoms with van der Waals surface area (Å²) in [6, 6.07) is 7.86. The molecule has 1 aromatic rings. The molecule has 0 aliphatic carbocycles. The number of hydrogen-bond acceptors (Lipinski definition) is 4. The Morgan fingerprint density at radius 2 is 1.76 bits per heavy atom. The molecule has 5 heteroatoms. The Labute approximate surface area is 109 Å². The minimum atomic E-state index is -0.855. The SMILES string of the molecule is OCC(CO)(CO)CNCc1cccc(Br)c1. The minimum absolute atomic E-state index is 0.245. The maximum absolute atomic E-state index is 9.15. The van der Waals surface area contributed by atoms with E-state index in [0.29, 0.717) is 13.1 Å². The van der Waals surface area contributed by atoms with Gasteiger partial charge in [0.15, 0.2) is 0 Å². The lowest BCUT2D eigenvalue weighted by Crippen LogP contribution is -2.43. The minimum Gasteiger partial charge on any atom is -0.396 e. The van der Waals surface area contributed by atoms with E-state index in [-0.39, 0.29) is 19.8 Å². The number of benzene rings is 1. The van der Waals surface area contributed by atoms with Gasteiger partial charge in [-0.3, -0.25) is 0 Å². The van der Waals surface area contributed by atoms with Crippen LogP contribution in [0.1, 0.15) is 5.56 Å². The molecule has 96 valence electrons. The number of aliphatic hydroxyl groups is 3. The first-order valence-corrected chi connectivity index (χ1v) is 6.23. The summed E-state index contributed by atoms with van der Waals surface area (Å²) in [4.78, 5) is 0. The standard InChI is InChI=1S/C12H18BrNO3/c13-11-3-1-2-10(4-11)5-14-6-12(7-15,8-16)9-17/h1-4,14-17H,5-9H2. The summed E-state index contributed by atoms with van der Waals surface area (Å²) in [5.41, 5.74) is 0.244. The van der Waals surface area contributed by atoms with E-state index < -0.39 is 5.41 Å². The van der Waals surface area contributed by atoms with Gasteiger partial charge in [-0.2, -0.15) is 0 Å². The molecule has 0 amide bonds. The van der Waals surface area contributed by atoms with E-state index in [2.05, 4.69) is 21.2 Å². The molecule has 4 N–H and O–H groups in total. The molecule has 17 heavy (non-hydrogen) atoms. The molecule has 0 bridgehead atoms. The molecule has 1 rings (SSSR count). The van der Waals surface area contributed by atoms with Crippen molar-refractivity contribution < 1.29 is 15.3 Å². The van der Waals surface area contributed by atoms with Crippen LogP contribution >= 0.6 is 15.9 Å². The van der Waals surface area contributed by atoms with Crippen LogP contribution in [0.25, 0.3) is 0 Å². The fourth-order valence-corrected chi connectivity index (χ4v) is 1.88. The van der Waals surface area contributed by atoms with Gasteiger partial charge in [0.25, 0.3) is 0 Å². The predicted octanol–water partition coefficient (Wildman–Crippen LogP) is 0.502. The van der Waals surface area contributed by atoms with Crippen molar-refractivity contribution in [1.82, 2.24) is 5.32 Å². The third-order valence-electron chi connectivity index (χ3n) is 2.72. The highest BCUT2D eigenvalue weighted by atomic mass is 79.9. The normalized spacial score (nSPS) is 11.8. The second-order valence-corrected chi connectivity index (χ2v) is 5.12. The quantitative estimate of drug-likeness (QED) is 0.592. The van der Waals surface area contributed by atoms with Crippen LogP contribution in [0.5, 0.6) is 0 Å². The lowest BCUT2D eigenvalue weighted by Gasteiger charge is -2.27. The molecule has 1 aromatic carbocycles. The number of aliphatic hydroxyl groups excluding tert-OH is 3. The molecule has 0 saturated heterocycles. The lowest BCUT2D eigenvalue weighted by molar-refractivity contribution is 0.00620. The van der Waals surface area contributed by atoms with Crippen LogP contribution in [0.3, 0.4) is 0 Å². The van der Waals surface area contributed by atoms with E-state index in [1.54, 1.807) is 0 Å². The molecule has 0 atom stereocenters. The Hall–Kier alpha value is -0.460. The molecule has 0 radical (unpaired) electrons. The monoisotopic (exact) mass is 303 g/mol. The zero-order valence-corrected chi connectivity index (χ0v) is 11.2. The van der Waals surface area contributed by atoms with Crippen LogP contribution in [0, 0.1) is 5.41 Å². The number of hydrogen-bond donors (Lipinski definition) is 4. The van der Waals surface area contributed by atoms with Crippen LogP contribution in [0.15, 0.2) is 28.7 Å². The van der Waals surface area contributed by atoms with Gasteiger partial charge in [0.1, 0.15) is 0 Å². The van der Waals surface area contributed by atoms with E-state index in [4.69, 9.17) is 15.3 Å². The van der Waals surface area contributed by atoms with Crippen molar-refractivity contribution in [2.75, 3.05) is 26.4 Å². The lowest BCUT2D eigenvalue weighted by atomic mass is 9.91. The van der Waals surface area contributed by atoms with Gasteiger partial charge in [-0.15, -0.1) is 0 Å². The van der Waals surface area contributed by atoms with Crippen LogP contribution < -0.4 is 5.32 Å². The van der Waals surface area contributed by atoms with E-state index in [0.717, 1.165) is 10.0 Å². The number of nitrogens with one attached hydrogen (secondary N) is 1. The summed E-state index contributed by atoms with van der Waals surface area (Å²) in [5.74, 6) is 0. The van der Waals surface area contributed by atoms with Gasteiger partial charge in [0, 0.05) is 17.6 Å². The molecule has 0 aromatic heterocycles. The van der Waals surface area contributed by atoms with Crippen molar-refractivity contribution in [2.24, 2.45) is 5.41 Å². The highest BCUT2D eigenvalue weighted by molar-refractivity contribution is 9.10. The second kappa shape index (κ2) is 7.08. The highest BCUT2D eigenvalue weighted by Crippen LogP contribution is 2.14. The van der Waals surface area contributed by atoms with Crippen molar-refractivity contribution in [2.45, 2.75) is 6.54 Å². The van der Waals surface area contributed by atoms with Crippen LogP contribution in [-0.4, -0.2) is 41.7 Å². The van der Waals surface area contributed by atoms with Gasteiger partial charge in [-0.25, -0.2) is 0 Å². The number of halogens is 1. The first kappa shape index (κ1) is 14.6. The summed E-state index contributed by atoms with van der Waals surface area (Å²) in [5, 5.41) is 30.6. The van der Waals surface area contributed by atoms with Crippen molar-refractivity contribution in [3.8, 4) is 0 Å². The van der Waals surface area contributed by atoms with Gasteiger partial charge in [-0.05, 0) is 17.7 Å². The van der Waals surface area contributed by atoms with Gasteiger partial charge in [-0.1, -0.05) is 28.1 Å². The Morgan fingerprint density at radius 1 is 1.12 bits per heavy atom. The largest absolute Gasteiger partial charge is 0.396 e. The van der Waals surface area contributed by atoms with Gasteiger partial charge in [0.05, 0.1) is 25.2 Å². The molecule has 0 heterocycles. The third-order valence-corrected chi connectivity index (χ3v) is 3.22. The smallest absolute Gasteiger partial charge is 0.0543 e. The van der Waals surface area contributed by atoms with Crippen LogP contribution in [-0.2, 0) is 6.54 Å². The highest BCUT2D eigenvalue weighted by Gasteiger charge is 2.27. The van der Waals surface area contributed by atoms with Crippen molar-refractivity contribution in [3.05, 3.63) is 34.3 Å². The molecular formula is C12H18BrNO3. The molecule has 0 aliphatic rings. The van der Waals surface area contributed by atoms with Gasteiger partial charge < -0.3 is 20.6 Å². The average Bonchev–Trinajstić information content (AvgIpc) is 2.35. The summed E-state index contributed by atoms with van der Waals surface area (Å²) in [6.45, 7) is 0.257. The number of rotatable bonds is 7. The maximum atomic E-state index is 9.15. The Morgan fingerprint density at radius 3 is 2.29 bits per heavy atom. The summed E-state index contributed by atoms with van der Waals surface area (Å²) >= 11 is 3.39. The van der Waals surface area contributed by atoms with Crippen molar-refractivity contribution >= 4 is 15.9 Å². The van der Waals surface area contributed by atoms with Crippen molar-refractivity contribution in [3.63, 3.8) is 0 Å². The molecule has 0 unspecified atom stereocenters. The van der Waals surface area contributed by atoms with Crippen molar-refractivity contribution in [1.29, 1.82) is 0 Å². The molecule has 0 aliphatic heterocycles. The van der Waals surface area contributed by atoms with E-state index in [9.17, 15) is 0 Å². The van der Waals surface area contributed by atoms with Gasteiger partial charge in [0.2, 0.25) is 0 Å². The zero-order valence-electron chi connectivity index (χ0n) is 9.56. The summed E-state index contributed by atoms with van der Waals surface area (Å²) in [6.07, 6.45) is 0. The molecule has 4 nitrogen and oxygen atoms in total. The second-order valence-electron chi connectivity index (χ2n) is 4.21. The molecular weight excluding hydrogens is 286 g/mol. The van der Waals surface area contributed by atoms with Gasteiger partial charge >= 0.3 is 0 Å². The molecule has 0 fully saturated rings. The average molecular weight is 304 g/mol. The fourth-order valence-electron chi connectivity index (χ4n) is 1.44. The van der Waals surface area contributed by atoms with E-state index >= 15 is 0 Å². The fraction of sp³-hybridized carbons (Fsp3) is 0.500. The Bertz CT molecular complexity index is 334. The summed E-state index contributed by atoms with van der Waals surface area (Å²) < 4.78 is 1.01. The Balaban J connectivity index is 2.46. The first-order chi connectivity index (χ1) is 8.15. The Kier molecular flexibility index (Phi) is 6.08.